The van der Waals surface area contributed by atoms with Crippen molar-refractivity contribution in [1.29, 1.82) is 0 Å². The summed E-state index contributed by atoms with van der Waals surface area (Å²) in [6.07, 6.45) is 11.0. The number of ketones is 1. The van der Waals surface area contributed by atoms with Gasteiger partial charge in [-0.25, -0.2) is 0 Å². The Balaban J connectivity index is 0.000000497. The Morgan fingerprint density at radius 2 is 1.45 bits per heavy atom. The van der Waals surface area contributed by atoms with Crippen LogP contribution in [-0.4, -0.2) is 27.5 Å². The van der Waals surface area contributed by atoms with Crippen LogP contribution in [-0.2, 0) is 24.9 Å². The molecule has 2 aliphatic heterocycles. The van der Waals surface area contributed by atoms with E-state index >= 15 is 0 Å². The van der Waals surface area contributed by atoms with Gasteiger partial charge in [0.25, 0.3) is 0 Å². The number of rotatable bonds is 4. The molecule has 6 rings (SSSR count). The van der Waals surface area contributed by atoms with Crippen molar-refractivity contribution >= 4 is 34.7 Å². The van der Waals surface area contributed by atoms with E-state index in [1.54, 1.807) is 0 Å². The minimum Gasteiger partial charge on any atom is -0.512 e. The maximum Gasteiger partial charge on any atom is 0.311 e. The maximum absolute atomic E-state index is 10.0. The maximum atomic E-state index is 10.0. The third-order valence-corrected chi connectivity index (χ3v) is 7.87. The Morgan fingerprint density at radius 3 is 2.02 bits per heavy atom. The van der Waals surface area contributed by atoms with Crippen molar-refractivity contribution in [2.45, 2.75) is 41.5 Å². The number of allylic oxidation sites excluding steroid dienone is 5. The molecule has 4 nitrogen and oxygen atoms in total. The molecule has 0 fully saturated rings. The quantitative estimate of drug-likeness (QED) is 0.106. The number of carbonyl (C=O) groups excluding carboxylic acids is 1. The van der Waals surface area contributed by atoms with Crippen molar-refractivity contribution in [2.75, 3.05) is 0 Å². The number of hydrogen-bond donors (Lipinski definition) is 1. The van der Waals surface area contributed by atoms with E-state index in [-0.39, 0.29) is 38.5 Å². The second-order valence-electron chi connectivity index (χ2n) is 11.2. The number of hydrogen-bond acceptors (Lipinski definition) is 4. The van der Waals surface area contributed by atoms with Crippen LogP contribution >= 0.6 is 0 Å². The van der Waals surface area contributed by atoms with Crippen LogP contribution in [0, 0.1) is 33.8 Å². The van der Waals surface area contributed by atoms with Gasteiger partial charge >= 0.3 is 6.85 Å². The Bertz CT molecular complexity index is 1780. The van der Waals surface area contributed by atoms with Gasteiger partial charge in [-0.1, -0.05) is 90.1 Å². The third-order valence-electron chi connectivity index (χ3n) is 7.87. The summed E-state index contributed by atoms with van der Waals surface area (Å²) in [6, 6.07) is 28.1. The van der Waals surface area contributed by atoms with Gasteiger partial charge in [0.2, 0.25) is 0 Å². The fraction of sp³-hybridized carbons (Fsp3) is 0.158. The molecule has 3 aromatic carbocycles. The van der Waals surface area contributed by atoms with Crippen molar-refractivity contribution in [3.8, 4) is 0 Å². The number of aromatic nitrogens is 1. The zero-order valence-electron chi connectivity index (χ0n) is 26.0. The molecule has 0 unspecified atom stereocenters. The van der Waals surface area contributed by atoms with Crippen LogP contribution < -0.4 is 10.9 Å². The number of benzene rings is 3. The molecule has 0 atom stereocenters. The van der Waals surface area contributed by atoms with E-state index in [1.165, 1.54) is 75.5 Å². The summed E-state index contributed by atoms with van der Waals surface area (Å²) in [5.41, 5.74) is 14.8. The molecule has 2 aliphatic rings. The molecule has 1 aromatic heterocycles. The molecule has 0 saturated carbocycles. The van der Waals surface area contributed by atoms with E-state index in [0.717, 1.165) is 11.3 Å². The number of aryl methyl sites for hydroxylation is 4. The molecule has 1 radical (unpaired) electrons. The Morgan fingerprint density at radius 1 is 0.841 bits per heavy atom. The van der Waals surface area contributed by atoms with Gasteiger partial charge in [-0.05, 0) is 97.8 Å². The largest absolute Gasteiger partial charge is 0.512 e. The van der Waals surface area contributed by atoms with Crippen LogP contribution in [0.25, 0.3) is 11.1 Å². The first kappa shape index (κ1) is 32.7. The van der Waals surface area contributed by atoms with Gasteiger partial charge in [0.1, 0.15) is 0 Å². The minimum atomic E-state index is -0.125. The number of nitrogens with zero attached hydrogens (tertiary/aromatic N) is 2. The van der Waals surface area contributed by atoms with Crippen LogP contribution in [0.3, 0.4) is 0 Å². The van der Waals surface area contributed by atoms with E-state index in [4.69, 9.17) is 5.11 Å². The summed E-state index contributed by atoms with van der Waals surface area (Å²) in [4.78, 5) is 17.1. The van der Waals surface area contributed by atoms with Gasteiger partial charge in [-0.2, -0.15) is 0 Å². The molecule has 6 heteroatoms. The average Bonchev–Trinajstić information content (AvgIpc) is 2.97. The predicted octanol–water partition coefficient (Wildman–Crippen LogP) is 6.94. The molecule has 44 heavy (non-hydrogen) atoms. The number of aliphatic hydroxyl groups excluding tert-OH is 1. The van der Waals surface area contributed by atoms with Crippen LogP contribution in [0.15, 0.2) is 115 Å². The number of carbonyl (C=O) groups is 1. The molecule has 4 aromatic rings. The van der Waals surface area contributed by atoms with E-state index < -0.39 is 0 Å². The van der Waals surface area contributed by atoms with Gasteiger partial charge in [0.05, 0.1) is 5.76 Å². The topological polar surface area (TPSA) is 53.4 Å². The first-order valence-corrected chi connectivity index (χ1v) is 14.5. The summed E-state index contributed by atoms with van der Waals surface area (Å²) >= 11 is 0. The van der Waals surface area contributed by atoms with E-state index in [1.807, 2.05) is 18.3 Å². The molecule has 0 aliphatic carbocycles. The van der Waals surface area contributed by atoms with Crippen LogP contribution in [0.1, 0.15) is 52.9 Å². The first-order chi connectivity index (χ1) is 20.7. The SMILES string of the molecule is CC(=O)/C=C(/C)O.Cc1cccc(C)c1B1c2ccccc2C(c2c(C)cccc2C)=C2C=[C-]C(c3ccccn3)=CN12.[Ir]. The minimum absolute atomic E-state index is 0. The third kappa shape index (κ3) is 6.62. The van der Waals surface area contributed by atoms with Crippen LogP contribution in [0.5, 0.6) is 0 Å². The first-order valence-electron chi connectivity index (χ1n) is 14.5. The molecular weight excluding hydrogens is 719 g/mol. The summed E-state index contributed by atoms with van der Waals surface area (Å²) in [7, 11) is 0. The van der Waals surface area contributed by atoms with Gasteiger partial charge in [-0.3, -0.25) is 4.79 Å². The molecular formula is C38H36BIrN2O2-. The second kappa shape index (κ2) is 14.0. The monoisotopic (exact) mass is 756 g/mol. The van der Waals surface area contributed by atoms with E-state index in [2.05, 4.69) is 123 Å². The zero-order valence-corrected chi connectivity index (χ0v) is 28.4. The average molecular weight is 756 g/mol. The summed E-state index contributed by atoms with van der Waals surface area (Å²) < 4.78 is 0. The Kier molecular flexibility index (Phi) is 10.4. The molecule has 0 bridgehead atoms. The summed E-state index contributed by atoms with van der Waals surface area (Å²) in [6.45, 7) is 11.8. The second-order valence-corrected chi connectivity index (χ2v) is 11.2. The van der Waals surface area contributed by atoms with Gasteiger partial charge in [-0.15, -0.1) is 17.7 Å². The molecule has 3 heterocycles. The molecule has 223 valence electrons. The Hall–Kier alpha value is -4.25. The molecule has 0 spiro atoms. The smallest absolute Gasteiger partial charge is 0.311 e. The van der Waals surface area contributed by atoms with Gasteiger partial charge < -0.3 is 14.9 Å². The van der Waals surface area contributed by atoms with E-state index in [0.29, 0.717) is 0 Å². The van der Waals surface area contributed by atoms with Crippen molar-refractivity contribution in [3.63, 3.8) is 0 Å². The van der Waals surface area contributed by atoms with Crippen molar-refractivity contribution in [1.82, 2.24) is 9.79 Å². The van der Waals surface area contributed by atoms with Gasteiger partial charge in [0, 0.05) is 32.4 Å². The molecule has 0 amide bonds. The molecule has 1 N–H and O–H groups in total. The van der Waals surface area contributed by atoms with Crippen LogP contribution in [0.4, 0.5) is 0 Å². The molecule has 0 saturated heterocycles. The number of aliphatic hydroxyl groups is 1. The van der Waals surface area contributed by atoms with Crippen LogP contribution in [0.2, 0.25) is 0 Å². The standard InChI is InChI=1S/C33H28BN2.C5H8O2.Ir/c1-22-11-9-12-23(2)31(22)32-27-15-5-6-16-28(27)34(33-24(3)13-10-14-25(33)4)36-21-26(18-19-30(32)36)29-17-7-8-20-35-29;1-4(6)3-5(2)7;/h5-17,19-21H,1-4H3;3,6H,1-2H3;/q-1;;/b;4-3-;. The van der Waals surface area contributed by atoms with E-state index in [9.17, 15) is 4.79 Å². The zero-order chi connectivity index (χ0) is 30.7. The van der Waals surface area contributed by atoms with Gasteiger partial charge in [0.15, 0.2) is 5.78 Å². The summed E-state index contributed by atoms with van der Waals surface area (Å²) in [5.74, 6) is -0.0625. The van der Waals surface area contributed by atoms with Crippen molar-refractivity contribution in [3.05, 3.63) is 160 Å². The number of pyridine rings is 1. The van der Waals surface area contributed by atoms with Crippen molar-refractivity contribution < 1.29 is 30.0 Å². The fourth-order valence-corrected chi connectivity index (χ4v) is 6.11. The normalized spacial score (nSPS) is 13.7. The fourth-order valence-electron chi connectivity index (χ4n) is 6.11. The number of fused-ring (bicyclic) bond motifs is 2. The predicted molar refractivity (Wildman–Crippen MR) is 178 cm³/mol. The Labute approximate surface area is 275 Å². The summed E-state index contributed by atoms with van der Waals surface area (Å²) in [5, 5.41) is 8.36. The van der Waals surface area contributed by atoms with Crippen molar-refractivity contribution in [2.24, 2.45) is 0 Å².